The molecule has 0 aromatic heterocycles. The number of piperazine rings is 1. The van der Waals surface area contributed by atoms with Gasteiger partial charge in [0.25, 0.3) is 0 Å². The number of hydrogen-bond acceptors (Lipinski definition) is 5. The molecule has 0 unspecified atom stereocenters. The van der Waals surface area contributed by atoms with E-state index in [0.29, 0.717) is 13.0 Å². The van der Waals surface area contributed by atoms with Crippen LogP contribution < -0.4 is 14.8 Å². The zero-order chi connectivity index (χ0) is 19.8. The van der Waals surface area contributed by atoms with Gasteiger partial charge in [0.15, 0.2) is 0 Å². The van der Waals surface area contributed by atoms with Crippen LogP contribution in [0.25, 0.3) is 0 Å². The molecule has 1 aliphatic heterocycles. The van der Waals surface area contributed by atoms with Crippen molar-refractivity contribution in [3.63, 3.8) is 0 Å². The Balaban J connectivity index is 1.42. The van der Waals surface area contributed by atoms with Gasteiger partial charge in [0, 0.05) is 51.8 Å². The van der Waals surface area contributed by atoms with E-state index >= 15 is 0 Å². The topological polar surface area (TPSA) is 54.0 Å². The number of rotatable bonds is 8. The molecule has 1 heterocycles. The molecule has 1 saturated heterocycles. The number of ether oxygens (including phenoxy) is 2. The van der Waals surface area contributed by atoms with Crippen molar-refractivity contribution in [1.82, 2.24) is 9.80 Å². The first kappa shape index (κ1) is 20.0. The van der Waals surface area contributed by atoms with Crippen molar-refractivity contribution in [2.45, 2.75) is 13.0 Å². The Kier molecular flexibility index (Phi) is 7.14. The fourth-order valence-corrected chi connectivity index (χ4v) is 3.41. The smallest absolute Gasteiger partial charge is 0.224 e. The summed E-state index contributed by atoms with van der Waals surface area (Å²) in [6.45, 7) is 4.91. The lowest BCUT2D eigenvalue weighted by molar-refractivity contribution is -0.132. The molecule has 1 amide bonds. The fourth-order valence-electron chi connectivity index (χ4n) is 3.41. The van der Waals surface area contributed by atoms with Crippen molar-refractivity contribution >= 4 is 11.6 Å². The van der Waals surface area contributed by atoms with Crippen molar-refractivity contribution in [2.24, 2.45) is 0 Å². The monoisotopic (exact) mass is 383 g/mol. The molecule has 0 atom stereocenters. The summed E-state index contributed by atoms with van der Waals surface area (Å²) in [6, 6.07) is 16.1. The summed E-state index contributed by atoms with van der Waals surface area (Å²) < 4.78 is 10.6. The zero-order valence-corrected chi connectivity index (χ0v) is 16.7. The third kappa shape index (κ3) is 5.39. The second-order valence-electron chi connectivity index (χ2n) is 6.89. The van der Waals surface area contributed by atoms with Crippen LogP contribution in [0.5, 0.6) is 11.5 Å². The zero-order valence-electron chi connectivity index (χ0n) is 16.7. The van der Waals surface area contributed by atoms with E-state index in [9.17, 15) is 4.79 Å². The maximum Gasteiger partial charge on any atom is 0.224 e. The average molecular weight is 383 g/mol. The second kappa shape index (κ2) is 9.99. The highest BCUT2D eigenvalue weighted by atomic mass is 16.5. The van der Waals surface area contributed by atoms with Crippen LogP contribution in [0.15, 0.2) is 48.5 Å². The van der Waals surface area contributed by atoms with Gasteiger partial charge in [-0.3, -0.25) is 9.69 Å². The van der Waals surface area contributed by atoms with Gasteiger partial charge in [-0.05, 0) is 17.7 Å². The maximum atomic E-state index is 12.5. The van der Waals surface area contributed by atoms with Crippen molar-refractivity contribution < 1.29 is 14.3 Å². The van der Waals surface area contributed by atoms with Crippen LogP contribution in [-0.2, 0) is 11.3 Å². The molecule has 2 aromatic rings. The molecule has 6 heteroatoms. The molecule has 6 nitrogen and oxygen atoms in total. The Morgan fingerprint density at radius 1 is 1.00 bits per heavy atom. The molecule has 1 N–H and O–H groups in total. The van der Waals surface area contributed by atoms with Crippen LogP contribution in [0.1, 0.15) is 12.0 Å². The van der Waals surface area contributed by atoms with Crippen LogP contribution >= 0.6 is 0 Å². The third-order valence-electron chi connectivity index (χ3n) is 5.03. The Labute approximate surface area is 167 Å². The summed E-state index contributed by atoms with van der Waals surface area (Å²) in [5.74, 6) is 1.68. The number of carbonyl (C=O) groups excluding carboxylic acids is 1. The summed E-state index contributed by atoms with van der Waals surface area (Å²) in [6.07, 6.45) is 0.457. The van der Waals surface area contributed by atoms with E-state index in [1.165, 1.54) is 5.56 Å². The van der Waals surface area contributed by atoms with Gasteiger partial charge in [-0.2, -0.15) is 0 Å². The molecule has 0 aliphatic carbocycles. The second-order valence-corrected chi connectivity index (χ2v) is 6.89. The number of nitrogens with zero attached hydrogens (tertiary/aromatic N) is 2. The molecule has 3 rings (SSSR count). The first-order valence-electron chi connectivity index (χ1n) is 9.69. The Morgan fingerprint density at radius 3 is 2.43 bits per heavy atom. The molecule has 1 aliphatic rings. The predicted molar refractivity (Wildman–Crippen MR) is 111 cm³/mol. The molecule has 0 saturated carbocycles. The van der Waals surface area contributed by atoms with Crippen LogP contribution in [0, 0.1) is 0 Å². The number of amides is 1. The molecule has 0 spiro atoms. The molecule has 150 valence electrons. The van der Waals surface area contributed by atoms with Crippen molar-refractivity contribution in [3.8, 4) is 11.5 Å². The number of benzene rings is 2. The van der Waals surface area contributed by atoms with Crippen molar-refractivity contribution in [3.05, 3.63) is 54.1 Å². The summed E-state index contributed by atoms with van der Waals surface area (Å²) >= 11 is 0. The van der Waals surface area contributed by atoms with Gasteiger partial charge in [-0.25, -0.2) is 0 Å². The molecule has 1 fully saturated rings. The summed E-state index contributed by atoms with van der Waals surface area (Å²) in [5, 5.41) is 3.29. The largest absolute Gasteiger partial charge is 0.497 e. The summed E-state index contributed by atoms with van der Waals surface area (Å²) in [4.78, 5) is 16.9. The molecule has 0 radical (unpaired) electrons. The lowest BCUT2D eigenvalue weighted by Gasteiger charge is -2.34. The van der Waals surface area contributed by atoms with E-state index in [1.807, 2.05) is 29.2 Å². The first-order valence-corrected chi connectivity index (χ1v) is 9.69. The van der Waals surface area contributed by atoms with Gasteiger partial charge in [-0.1, -0.05) is 30.3 Å². The number of nitrogens with one attached hydrogen (secondary N) is 1. The lowest BCUT2D eigenvalue weighted by atomic mass is 10.2. The Morgan fingerprint density at radius 2 is 1.75 bits per heavy atom. The minimum atomic E-state index is 0.189. The third-order valence-corrected chi connectivity index (χ3v) is 5.03. The van der Waals surface area contributed by atoms with E-state index in [1.54, 1.807) is 14.2 Å². The average Bonchev–Trinajstić information content (AvgIpc) is 2.74. The van der Waals surface area contributed by atoms with E-state index in [2.05, 4.69) is 34.5 Å². The number of hydrogen-bond donors (Lipinski definition) is 1. The summed E-state index contributed by atoms with van der Waals surface area (Å²) in [7, 11) is 3.26. The van der Waals surface area contributed by atoms with Crippen molar-refractivity contribution in [1.29, 1.82) is 0 Å². The highest BCUT2D eigenvalue weighted by Crippen LogP contribution is 2.28. The lowest BCUT2D eigenvalue weighted by Crippen LogP contribution is -2.48. The molecule has 28 heavy (non-hydrogen) atoms. The molecule has 0 bridgehead atoms. The molecular formula is C22H29N3O3. The number of anilines is 1. The number of methoxy groups -OCH3 is 2. The minimum Gasteiger partial charge on any atom is -0.497 e. The van der Waals surface area contributed by atoms with Gasteiger partial charge in [0.05, 0.1) is 19.9 Å². The molecular weight excluding hydrogens is 354 g/mol. The Bertz CT molecular complexity index is 759. The van der Waals surface area contributed by atoms with Crippen LogP contribution in [0.2, 0.25) is 0 Å². The van der Waals surface area contributed by atoms with E-state index < -0.39 is 0 Å². The van der Waals surface area contributed by atoms with Crippen LogP contribution in [0.3, 0.4) is 0 Å². The SMILES string of the molecule is COc1ccc(OC)c(NCCC(=O)N2CCN(Cc3ccccc3)CC2)c1. The fraction of sp³-hybridized carbons (Fsp3) is 0.409. The molecule has 2 aromatic carbocycles. The van der Waals surface area contributed by atoms with Gasteiger partial charge in [-0.15, -0.1) is 0 Å². The van der Waals surface area contributed by atoms with E-state index in [0.717, 1.165) is 49.9 Å². The van der Waals surface area contributed by atoms with Crippen LogP contribution in [-0.4, -0.2) is 62.7 Å². The van der Waals surface area contributed by atoms with Gasteiger partial charge < -0.3 is 19.7 Å². The van der Waals surface area contributed by atoms with Gasteiger partial charge in [0.2, 0.25) is 5.91 Å². The normalized spacial score (nSPS) is 14.6. The van der Waals surface area contributed by atoms with E-state index in [4.69, 9.17) is 9.47 Å². The van der Waals surface area contributed by atoms with Crippen LogP contribution in [0.4, 0.5) is 5.69 Å². The highest BCUT2D eigenvalue weighted by molar-refractivity contribution is 5.77. The summed E-state index contributed by atoms with van der Waals surface area (Å²) in [5.41, 5.74) is 2.15. The minimum absolute atomic E-state index is 0.189. The van der Waals surface area contributed by atoms with E-state index in [-0.39, 0.29) is 5.91 Å². The van der Waals surface area contributed by atoms with Gasteiger partial charge >= 0.3 is 0 Å². The first-order chi connectivity index (χ1) is 13.7. The predicted octanol–water partition coefficient (Wildman–Crippen LogP) is 2.85. The maximum absolute atomic E-state index is 12.5. The Hall–Kier alpha value is -2.73. The quantitative estimate of drug-likeness (QED) is 0.760. The van der Waals surface area contributed by atoms with Crippen molar-refractivity contribution in [2.75, 3.05) is 52.3 Å². The standard InChI is InChI=1S/C22H29N3O3/c1-27-19-8-9-21(28-2)20(16-19)23-11-10-22(26)25-14-12-24(13-15-25)17-18-6-4-3-5-7-18/h3-9,16,23H,10-15,17H2,1-2H3. The highest BCUT2D eigenvalue weighted by Gasteiger charge is 2.20. The van der Waals surface area contributed by atoms with Gasteiger partial charge in [0.1, 0.15) is 11.5 Å². The number of carbonyl (C=O) groups is 1.